The molecule has 0 spiro atoms. The lowest BCUT2D eigenvalue weighted by molar-refractivity contribution is -0.161. The molecule has 0 aromatic carbocycles. The maximum atomic E-state index is 13.1. The van der Waals surface area contributed by atoms with Crippen LogP contribution in [0.25, 0.3) is 0 Å². The van der Waals surface area contributed by atoms with Crippen LogP contribution < -0.4 is 0 Å². The summed E-state index contributed by atoms with van der Waals surface area (Å²) in [5, 5.41) is 10.6. The Morgan fingerprint density at radius 1 is 0.292 bits per heavy atom. The fourth-order valence-corrected chi connectivity index (χ4v) is 13.4. The Balaban J connectivity index is 5.24. The van der Waals surface area contributed by atoms with Gasteiger partial charge in [-0.15, -0.1) is 0 Å². The molecule has 0 saturated carbocycles. The van der Waals surface area contributed by atoms with Crippen LogP contribution in [0.5, 0.6) is 0 Å². The zero-order valence-electron chi connectivity index (χ0n) is 62.5. The van der Waals surface area contributed by atoms with Gasteiger partial charge in [-0.1, -0.05) is 356 Å². The quantitative estimate of drug-likeness (QED) is 0.0222. The number of aliphatic hydroxyl groups excluding tert-OH is 1. The summed E-state index contributed by atoms with van der Waals surface area (Å²) in [6.45, 7) is 7.36. The van der Waals surface area contributed by atoms with E-state index in [0.29, 0.717) is 25.7 Å². The number of aliphatic hydroxyl groups is 1. The van der Waals surface area contributed by atoms with Crippen molar-refractivity contribution in [2.24, 2.45) is 5.92 Å². The lowest BCUT2D eigenvalue weighted by atomic mass is 9.99. The van der Waals surface area contributed by atoms with Crippen molar-refractivity contribution in [1.29, 1.82) is 0 Å². The second-order valence-electron chi connectivity index (χ2n) is 28.0. The number of ether oxygens (including phenoxy) is 4. The summed E-state index contributed by atoms with van der Waals surface area (Å²) in [7, 11) is -9.91. The number of esters is 4. The second-order valence-corrected chi connectivity index (χ2v) is 30.9. The Hall–Kier alpha value is -1.94. The minimum atomic E-state index is -4.96. The molecule has 0 radical (unpaired) electrons. The molecule has 96 heavy (non-hydrogen) atoms. The Labute approximate surface area is 588 Å². The predicted octanol–water partition coefficient (Wildman–Crippen LogP) is 22.9. The van der Waals surface area contributed by atoms with Crippen LogP contribution in [-0.4, -0.2) is 96.7 Å². The number of unbranched alkanes of at least 4 members (excludes halogenated alkanes) is 48. The lowest BCUT2D eigenvalue weighted by Crippen LogP contribution is -2.30. The molecular formula is C77H150O17P2. The van der Waals surface area contributed by atoms with Crippen LogP contribution in [0.2, 0.25) is 0 Å². The molecule has 0 aromatic heterocycles. The average molecular weight is 1410 g/mol. The van der Waals surface area contributed by atoms with E-state index in [-0.39, 0.29) is 25.7 Å². The van der Waals surface area contributed by atoms with Gasteiger partial charge in [-0.2, -0.15) is 0 Å². The van der Waals surface area contributed by atoms with Gasteiger partial charge >= 0.3 is 39.5 Å². The maximum absolute atomic E-state index is 13.1. The van der Waals surface area contributed by atoms with Crippen LogP contribution in [-0.2, 0) is 65.4 Å². The molecular weight excluding hydrogens is 1260 g/mol. The second kappa shape index (κ2) is 70.1. The van der Waals surface area contributed by atoms with Gasteiger partial charge < -0.3 is 33.8 Å². The normalized spacial score (nSPS) is 14.2. The molecule has 17 nitrogen and oxygen atoms in total. The Kier molecular flexibility index (Phi) is 68.7. The summed E-state index contributed by atoms with van der Waals surface area (Å²) < 4.78 is 68.6. The molecule has 0 rings (SSSR count). The highest BCUT2D eigenvalue weighted by atomic mass is 31.2. The standard InChI is InChI=1S/C77H150O17P2/c1-6-10-13-16-19-22-25-27-28-33-36-41-46-51-56-61-75(80)88-67-73(94-77(82)63-58-53-48-43-38-34-30-29-32-35-39-44-49-54-59-70(5)9-4)69-92-96(85,86)90-65-71(78)64-89-95(83,84)91-68-72(66-87-74(79)60-55-50-45-40-24-21-18-15-12-8-3)93-76(81)62-57-52-47-42-37-31-26-23-20-17-14-11-7-2/h70-73,78H,6-69H2,1-5H3,(H,83,84)(H,85,86)/t70?,71-,72+,73+/m0/s1. The zero-order chi connectivity index (χ0) is 70.5. The van der Waals surface area contributed by atoms with Crippen molar-refractivity contribution in [2.45, 2.75) is 425 Å². The van der Waals surface area contributed by atoms with Crippen LogP contribution in [0.1, 0.15) is 407 Å². The molecule has 6 atom stereocenters. The fourth-order valence-electron chi connectivity index (χ4n) is 11.8. The molecule has 0 aromatic rings. The topological polar surface area (TPSA) is 237 Å². The first-order valence-electron chi connectivity index (χ1n) is 40.2. The average Bonchev–Trinajstić information content (AvgIpc) is 1.30. The van der Waals surface area contributed by atoms with E-state index < -0.39 is 97.5 Å². The van der Waals surface area contributed by atoms with Gasteiger partial charge in [-0.3, -0.25) is 37.3 Å². The lowest BCUT2D eigenvalue weighted by Gasteiger charge is -2.21. The molecule has 0 heterocycles. The first kappa shape index (κ1) is 94.1. The SMILES string of the molecule is CCCCCCCCCCCCCCCCCC(=O)OC[C@H](COP(=O)(O)OC[C@@H](O)COP(=O)(O)OC[C@@H](COC(=O)CCCCCCCCCCCC)OC(=O)CCCCCCCCCCCCCCC)OC(=O)CCCCCCCCCCCCCCCCC(C)CC. The van der Waals surface area contributed by atoms with E-state index in [1.54, 1.807) is 0 Å². The third kappa shape index (κ3) is 69.2. The van der Waals surface area contributed by atoms with Gasteiger partial charge in [0.05, 0.1) is 26.4 Å². The van der Waals surface area contributed by atoms with E-state index >= 15 is 0 Å². The number of hydrogen-bond donors (Lipinski definition) is 3. The van der Waals surface area contributed by atoms with Crippen molar-refractivity contribution in [3.8, 4) is 0 Å². The van der Waals surface area contributed by atoms with Crippen molar-refractivity contribution >= 4 is 39.5 Å². The van der Waals surface area contributed by atoms with Crippen LogP contribution in [0, 0.1) is 5.92 Å². The molecule has 19 heteroatoms. The van der Waals surface area contributed by atoms with Crippen LogP contribution in [0.15, 0.2) is 0 Å². The van der Waals surface area contributed by atoms with Gasteiger partial charge in [-0.25, -0.2) is 9.13 Å². The number of carbonyl (C=O) groups excluding carboxylic acids is 4. The molecule has 0 aliphatic rings. The van der Waals surface area contributed by atoms with Gasteiger partial charge in [0.2, 0.25) is 0 Å². The first-order valence-corrected chi connectivity index (χ1v) is 43.2. The van der Waals surface area contributed by atoms with E-state index in [1.807, 2.05) is 0 Å². The van der Waals surface area contributed by atoms with Crippen LogP contribution in [0.4, 0.5) is 0 Å². The van der Waals surface area contributed by atoms with E-state index in [0.717, 1.165) is 95.8 Å². The number of rotatable bonds is 77. The minimum Gasteiger partial charge on any atom is -0.462 e. The molecule has 0 aliphatic carbocycles. The number of phosphoric ester groups is 2. The molecule has 0 amide bonds. The summed E-state index contributed by atoms with van der Waals surface area (Å²) >= 11 is 0. The van der Waals surface area contributed by atoms with Crippen molar-refractivity contribution < 1.29 is 80.2 Å². The number of phosphoric acid groups is 2. The van der Waals surface area contributed by atoms with Gasteiger partial charge in [0.1, 0.15) is 19.3 Å². The number of hydrogen-bond acceptors (Lipinski definition) is 15. The van der Waals surface area contributed by atoms with E-state index in [1.165, 1.54) is 231 Å². The van der Waals surface area contributed by atoms with Gasteiger partial charge in [0.15, 0.2) is 12.2 Å². The Morgan fingerprint density at radius 2 is 0.500 bits per heavy atom. The zero-order valence-corrected chi connectivity index (χ0v) is 64.3. The Bertz CT molecular complexity index is 1840. The smallest absolute Gasteiger partial charge is 0.462 e. The highest BCUT2D eigenvalue weighted by Gasteiger charge is 2.30. The molecule has 0 saturated heterocycles. The summed E-state index contributed by atoms with van der Waals surface area (Å²) in [5.74, 6) is -1.26. The summed E-state index contributed by atoms with van der Waals surface area (Å²) in [5.41, 5.74) is 0. The van der Waals surface area contributed by atoms with Crippen LogP contribution >= 0.6 is 15.6 Å². The molecule has 3 unspecified atom stereocenters. The third-order valence-electron chi connectivity index (χ3n) is 18.4. The Morgan fingerprint density at radius 3 is 0.740 bits per heavy atom. The monoisotopic (exact) mass is 1410 g/mol. The molecule has 0 bridgehead atoms. The van der Waals surface area contributed by atoms with Gasteiger partial charge in [-0.05, 0) is 31.6 Å². The molecule has 0 aliphatic heterocycles. The summed E-state index contributed by atoms with van der Waals surface area (Å²) in [4.78, 5) is 72.8. The summed E-state index contributed by atoms with van der Waals surface area (Å²) in [6, 6.07) is 0. The highest BCUT2D eigenvalue weighted by Crippen LogP contribution is 2.45. The van der Waals surface area contributed by atoms with Gasteiger partial charge in [0.25, 0.3) is 0 Å². The van der Waals surface area contributed by atoms with Gasteiger partial charge in [0, 0.05) is 25.7 Å². The molecule has 570 valence electrons. The van der Waals surface area contributed by atoms with E-state index in [9.17, 15) is 43.2 Å². The van der Waals surface area contributed by atoms with E-state index in [2.05, 4.69) is 34.6 Å². The third-order valence-corrected chi connectivity index (χ3v) is 20.3. The van der Waals surface area contributed by atoms with Crippen molar-refractivity contribution in [3.63, 3.8) is 0 Å². The van der Waals surface area contributed by atoms with Crippen molar-refractivity contribution in [2.75, 3.05) is 39.6 Å². The maximum Gasteiger partial charge on any atom is 0.472 e. The van der Waals surface area contributed by atoms with Crippen molar-refractivity contribution in [3.05, 3.63) is 0 Å². The molecule has 3 N–H and O–H groups in total. The minimum absolute atomic E-state index is 0.108. The molecule has 0 fully saturated rings. The fraction of sp³-hybridized carbons (Fsp3) is 0.948. The van der Waals surface area contributed by atoms with E-state index in [4.69, 9.17) is 37.0 Å². The highest BCUT2D eigenvalue weighted by molar-refractivity contribution is 7.47. The first-order chi connectivity index (χ1) is 46.6. The summed E-state index contributed by atoms with van der Waals surface area (Å²) in [6.07, 6.45) is 59.4. The number of carbonyl (C=O) groups is 4. The predicted molar refractivity (Wildman–Crippen MR) is 391 cm³/mol. The largest absolute Gasteiger partial charge is 0.472 e. The van der Waals surface area contributed by atoms with Crippen molar-refractivity contribution in [1.82, 2.24) is 0 Å². The van der Waals surface area contributed by atoms with Crippen LogP contribution in [0.3, 0.4) is 0 Å².